The van der Waals surface area contributed by atoms with Crippen molar-refractivity contribution in [2.45, 2.75) is 44.7 Å². The van der Waals surface area contributed by atoms with Gasteiger partial charge in [-0.3, -0.25) is 4.90 Å². The zero-order chi connectivity index (χ0) is 17.9. The third-order valence-electron chi connectivity index (χ3n) is 4.83. The maximum atomic E-state index is 12.1. The second-order valence-corrected chi connectivity index (χ2v) is 6.47. The fourth-order valence-corrected chi connectivity index (χ4v) is 3.69. The number of aryl methyl sites for hydroxylation is 1. The van der Waals surface area contributed by atoms with Crippen molar-refractivity contribution in [3.05, 3.63) is 59.2 Å². The van der Waals surface area contributed by atoms with Crippen LogP contribution in [0.25, 0.3) is 0 Å². The Bertz CT molecular complexity index is 822. The molecule has 1 aliphatic rings. The lowest BCUT2D eigenvalue weighted by Gasteiger charge is -2.39. The molecule has 0 unspecified atom stereocenters. The number of carbonyl (C=O) groups is 1. The van der Waals surface area contributed by atoms with Crippen LogP contribution in [-0.4, -0.2) is 26.1 Å². The van der Waals surface area contributed by atoms with Crippen LogP contribution in [0.15, 0.2) is 36.5 Å². The maximum Gasteiger partial charge on any atom is 0.408 e. The molecule has 0 radical (unpaired) electrons. The van der Waals surface area contributed by atoms with Crippen LogP contribution in [-0.2, 0) is 12.1 Å². The van der Waals surface area contributed by atoms with E-state index in [4.69, 9.17) is 5.26 Å². The molecule has 1 N–H and O–H groups in total. The summed E-state index contributed by atoms with van der Waals surface area (Å²) in [7, 11) is 0. The average Bonchev–Trinajstić information content (AvgIpc) is 3.10. The molecule has 0 bridgehead atoms. The lowest BCUT2D eigenvalue weighted by molar-refractivity contribution is 0.0671. The number of carboxylic acid groups (broad SMARTS) is 1. The van der Waals surface area contributed by atoms with E-state index in [1.54, 1.807) is 6.07 Å². The van der Waals surface area contributed by atoms with Crippen molar-refractivity contribution in [3.63, 3.8) is 0 Å². The molecule has 1 aromatic carbocycles. The van der Waals surface area contributed by atoms with E-state index in [0.29, 0.717) is 25.1 Å². The molecule has 6 heteroatoms. The molecule has 1 aliphatic carbocycles. The van der Waals surface area contributed by atoms with Crippen LogP contribution in [0.4, 0.5) is 4.79 Å². The Morgan fingerprint density at radius 2 is 2.12 bits per heavy atom. The van der Waals surface area contributed by atoms with Crippen LogP contribution < -0.4 is 0 Å². The molecule has 2 aromatic rings. The van der Waals surface area contributed by atoms with E-state index in [9.17, 15) is 9.90 Å². The second kappa shape index (κ2) is 6.89. The zero-order valence-corrected chi connectivity index (χ0v) is 14.1. The summed E-state index contributed by atoms with van der Waals surface area (Å²) >= 11 is 0. The summed E-state index contributed by atoms with van der Waals surface area (Å²) in [5.41, 5.74) is 1.95. The van der Waals surface area contributed by atoms with Crippen molar-refractivity contribution in [3.8, 4) is 6.07 Å². The topological polar surface area (TPSA) is 90.1 Å². The molecule has 1 fully saturated rings. The number of amides is 1. The molecular weight excluding hydrogens is 316 g/mol. The predicted octanol–water partition coefficient (Wildman–Crippen LogP) is 3.61. The summed E-state index contributed by atoms with van der Waals surface area (Å²) in [6, 6.07) is 11.5. The van der Waals surface area contributed by atoms with Gasteiger partial charge < -0.3 is 5.11 Å². The Morgan fingerprint density at radius 3 is 2.76 bits per heavy atom. The maximum absolute atomic E-state index is 12.1. The van der Waals surface area contributed by atoms with E-state index in [1.807, 2.05) is 37.3 Å². The van der Waals surface area contributed by atoms with Gasteiger partial charge in [0.15, 0.2) is 0 Å². The van der Waals surface area contributed by atoms with Gasteiger partial charge in [-0.2, -0.15) is 5.26 Å². The normalized spacial score (nSPS) is 15.5. The quantitative estimate of drug-likeness (QED) is 0.921. The SMILES string of the molecule is Cc1cccc(CN(C(=O)O)C2(c3ccnc(C#N)n3)CCCC2)c1. The van der Waals surface area contributed by atoms with Gasteiger partial charge in [-0.15, -0.1) is 0 Å². The Hall–Kier alpha value is -2.94. The summed E-state index contributed by atoms with van der Waals surface area (Å²) < 4.78 is 0. The molecule has 25 heavy (non-hydrogen) atoms. The first-order valence-corrected chi connectivity index (χ1v) is 8.35. The fraction of sp³-hybridized carbons (Fsp3) is 0.368. The lowest BCUT2D eigenvalue weighted by Crippen LogP contribution is -2.47. The number of benzene rings is 1. The van der Waals surface area contributed by atoms with Gasteiger partial charge in [-0.25, -0.2) is 14.8 Å². The molecule has 3 rings (SSSR count). The number of hydrogen-bond donors (Lipinski definition) is 1. The third-order valence-corrected chi connectivity index (χ3v) is 4.83. The van der Waals surface area contributed by atoms with Crippen LogP contribution in [0.2, 0.25) is 0 Å². The fourth-order valence-electron chi connectivity index (χ4n) is 3.69. The largest absolute Gasteiger partial charge is 0.465 e. The zero-order valence-electron chi connectivity index (χ0n) is 14.1. The number of aromatic nitrogens is 2. The minimum atomic E-state index is -0.972. The number of hydrogen-bond acceptors (Lipinski definition) is 4. The van der Waals surface area contributed by atoms with Crippen molar-refractivity contribution in [2.75, 3.05) is 0 Å². The van der Waals surface area contributed by atoms with E-state index in [1.165, 1.54) is 11.1 Å². The first-order chi connectivity index (χ1) is 12.0. The van der Waals surface area contributed by atoms with E-state index in [2.05, 4.69) is 9.97 Å². The van der Waals surface area contributed by atoms with Crippen LogP contribution in [0.1, 0.15) is 48.3 Å². The van der Waals surface area contributed by atoms with E-state index < -0.39 is 11.6 Å². The van der Waals surface area contributed by atoms with Crippen LogP contribution >= 0.6 is 0 Å². The molecule has 128 valence electrons. The van der Waals surface area contributed by atoms with Gasteiger partial charge in [0, 0.05) is 12.7 Å². The molecular formula is C19H20N4O2. The van der Waals surface area contributed by atoms with Crippen molar-refractivity contribution < 1.29 is 9.90 Å². The first-order valence-electron chi connectivity index (χ1n) is 8.35. The Balaban J connectivity index is 2.03. The molecule has 0 spiro atoms. The summed E-state index contributed by atoms with van der Waals surface area (Å²) in [5, 5.41) is 19.0. The molecule has 1 heterocycles. The van der Waals surface area contributed by atoms with Gasteiger partial charge in [-0.05, 0) is 31.4 Å². The van der Waals surface area contributed by atoms with Gasteiger partial charge in [0.1, 0.15) is 6.07 Å². The number of nitrogens with zero attached hydrogens (tertiary/aromatic N) is 4. The first kappa shape index (κ1) is 16.9. The Labute approximate surface area is 146 Å². The van der Waals surface area contributed by atoms with Gasteiger partial charge in [0.25, 0.3) is 0 Å². The highest BCUT2D eigenvalue weighted by atomic mass is 16.4. The number of rotatable bonds is 4. The summed E-state index contributed by atoms with van der Waals surface area (Å²) in [4.78, 5) is 21.9. The minimum Gasteiger partial charge on any atom is -0.465 e. The molecule has 6 nitrogen and oxygen atoms in total. The van der Waals surface area contributed by atoms with Crippen LogP contribution in [0, 0.1) is 18.3 Å². The molecule has 0 aliphatic heterocycles. The predicted molar refractivity (Wildman–Crippen MR) is 91.6 cm³/mol. The summed E-state index contributed by atoms with van der Waals surface area (Å²) in [6.07, 6.45) is 3.83. The van der Waals surface area contributed by atoms with Gasteiger partial charge in [0.2, 0.25) is 5.82 Å². The highest BCUT2D eigenvalue weighted by Gasteiger charge is 2.45. The molecule has 1 amide bonds. The second-order valence-electron chi connectivity index (χ2n) is 6.47. The van der Waals surface area contributed by atoms with E-state index >= 15 is 0 Å². The molecule has 1 aromatic heterocycles. The van der Waals surface area contributed by atoms with Crippen molar-refractivity contribution in [1.82, 2.24) is 14.9 Å². The Kier molecular flexibility index (Phi) is 4.66. The van der Waals surface area contributed by atoms with Crippen molar-refractivity contribution in [2.24, 2.45) is 0 Å². The number of nitriles is 1. The highest BCUT2D eigenvalue weighted by Crippen LogP contribution is 2.44. The third kappa shape index (κ3) is 3.31. The molecule has 0 atom stereocenters. The van der Waals surface area contributed by atoms with Gasteiger partial charge in [0.05, 0.1) is 11.2 Å². The van der Waals surface area contributed by atoms with Crippen molar-refractivity contribution in [1.29, 1.82) is 5.26 Å². The minimum absolute atomic E-state index is 0.0738. The van der Waals surface area contributed by atoms with Gasteiger partial charge in [-0.1, -0.05) is 42.7 Å². The Morgan fingerprint density at radius 1 is 1.36 bits per heavy atom. The lowest BCUT2D eigenvalue weighted by atomic mass is 9.90. The van der Waals surface area contributed by atoms with Crippen LogP contribution in [0.5, 0.6) is 0 Å². The van der Waals surface area contributed by atoms with E-state index in [-0.39, 0.29) is 5.82 Å². The highest BCUT2D eigenvalue weighted by molar-refractivity contribution is 5.67. The van der Waals surface area contributed by atoms with Crippen LogP contribution in [0.3, 0.4) is 0 Å². The standard InChI is InChI=1S/C19H20N4O2/c1-14-5-4-6-15(11-14)13-23(18(24)25)19(8-2-3-9-19)16-7-10-21-17(12-20)22-16/h4-7,10-11H,2-3,8-9,13H2,1H3,(H,24,25). The summed E-state index contributed by atoms with van der Waals surface area (Å²) in [6.45, 7) is 2.28. The molecule has 1 saturated carbocycles. The average molecular weight is 336 g/mol. The van der Waals surface area contributed by atoms with Gasteiger partial charge >= 0.3 is 6.09 Å². The molecule has 0 saturated heterocycles. The monoisotopic (exact) mass is 336 g/mol. The smallest absolute Gasteiger partial charge is 0.408 e. The van der Waals surface area contributed by atoms with Crippen molar-refractivity contribution >= 4 is 6.09 Å². The van der Waals surface area contributed by atoms with E-state index in [0.717, 1.165) is 24.0 Å². The summed E-state index contributed by atoms with van der Waals surface area (Å²) in [5.74, 6) is 0.0738.